The number of carbonyl (C=O) groups is 2. The molecule has 0 atom stereocenters. The maximum absolute atomic E-state index is 12.8. The van der Waals surface area contributed by atoms with Crippen LogP contribution in [0, 0.1) is 10.1 Å². The molecule has 0 aromatic heterocycles. The van der Waals surface area contributed by atoms with Crippen LogP contribution in [-0.2, 0) is 26.2 Å². The van der Waals surface area contributed by atoms with Crippen molar-refractivity contribution in [1.82, 2.24) is 19.8 Å². The average Bonchev–Trinajstić information content (AvgIpc) is 2.83. The van der Waals surface area contributed by atoms with Crippen molar-refractivity contribution in [3.05, 3.63) is 70.3 Å². The van der Waals surface area contributed by atoms with E-state index in [4.69, 9.17) is 0 Å². The predicted molar refractivity (Wildman–Crippen MR) is 120 cm³/mol. The molecule has 11 nitrogen and oxygen atoms in total. The van der Waals surface area contributed by atoms with Gasteiger partial charge in [-0.3, -0.25) is 24.6 Å². The maximum Gasteiger partial charge on any atom is 0.309 e. The van der Waals surface area contributed by atoms with Crippen LogP contribution in [0.15, 0.2) is 59.5 Å². The third-order valence-electron chi connectivity index (χ3n) is 5.23. The first-order valence-electron chi connectivity index (χ1n) is 10.3. The van der Waals surface area contributed by atoms with Crippen molar-refractivity contribution in [2.24, 2.45) is 0 Å². The number of non-ortho nitro benzene ring substituents is 1. The van der Waals surface area contributed by atoms with E-state index in [1.165, 1.54) is 28.6 Å². The fourth-order valence-electron chi connectivity index (χ4n) is 3.35. The Labute approximate surface area is 191 Å². The molecule has 1 aliphatic heterocycles. The zero-order chi connectivity index (χ0) is 23.8. The number of benzene rings is 2. The summed E-state index contributed by atoms with van der Waals surface area (Å²) in [6.45, 7) is 2.42. The lowest BCUT2D eigenvalue weighted by molar-refractivity contribution is -0.384. The van der Waals surface area contributed by atoms with Crippen molar-refractivity contribution < 1.29 is 22.9 Å². The highest BCUT2D eigenvalue weighted by Gasteiger charge is 2.28. The number of hydrogen-bond donors (Lipinski definition) is 2. The van der Waals surface area contributed by atoms with E-state index >= 15 is 0 Å². The van der Waals surface area contributed by atoms with Gasteiger partial charge in [0, 0.05) is 57.9 Å². The third-order valence-corrected chi connectivity index (χ3v) is 7.15. The highest BCUT2D eigenvalue weighted by molar-refractivity contribution is 7.89. The van der Waals surface area contributed by atoms with Gasteiger partial charge in [0.05, 0.1) is 9.82 Å². The van der Waals surface area contributed by atoms with Gasteiger partial charge in [-0.15, -0.1) is 0 Å². The van der Waals surface area contributed by atoms with Gasteiger partial charge in [0.2, 0.25) is 10.0 Å². The Balaban J connectivity index is 1.39. The van der Waals surface area contributed by atoms with Gasteiger partial charge in [0.25, 0.3) is 5.69 Å². The summed E-state index contributed by atoms with van der Waals surface area (Å²) in [5.74, 6) is -1.43. The summed E-state index contributed by atoms with van der Waals surface area (Å²) in [5.41, 5.74) is 0.717. The molecule has 0 aliphatic carbocycles. The Bertz CT molecular complexity index is 1080. The molecule has 1 saturated heterocycles. The maximum atomic E-state index is 12.8. The number of piperazine rings is 1. The number of carbonyl (C=O) groups excluding carboxylic acids is 2. The molecular weight excluding hydrogens is 450 g/mol. The van der Waals surface area contributed by atoms with Crippen LogP contribution in [-0.4, -0.2) is 73.6 Å². The highest BCUT2D eigenvalue weighted by atomic mass is 32.2. The summed E-state index contributed by atoms with van der Waals surface area (Å²) in [5, 5.41) is 15.9. The van der Waals surface area contributed by atoms with Gasteiger partial charge >= 0.3 is 11.8 Å². The summed E-state index contributed by atoms with van der Waals surface area (Å²) in [6.07, 6.45) is 0. The number of sulfonamides is 1. The van der Waals surface area contributed by atoms with Crippen LogP contribution in [0.25, 0.3) is 0 Å². The number of rotatable bonds is 8. The van der Waals surface area contributed by atoms with Gasteiger partial charge in [-0.2, -0.15) is 4.31 Å². The van der Waals surface area contributed by atoms with E-state index in [1.54, 1.807) is 0 Å². The van der Waals surface area contributed by atoms with Crippen LogP contribution in [0.1, 0.15) is 5.56 Å². The van der Waals surface area contributed by atoms with E-state index in [1.807, 2.05) is 35.2 Å². The Morgan fingerprint density at radius 2 is 1.52 bits per heavy atom. The second kappa shape index (κ2) is 11.0. The van der Waals surface area contributed by atoms with Crippen molar-refractivity contribution in [3.63, 3.8) is 0 Å². The van der Waals surface area contributed by atoms with Crippen LogP contribution >= 0.6 is 0 Å². The predicted octanol–water partition coefficient (Wildman–Crippen LogP) is 0.334. The zero-order valence-corrected chi connectivity index (χ0v) is 18.7. The summed E-state index contributed by atoms with van der Waals surface area (Å²) in [4.78, 5) is 36.0. The number of nitro groups is 1. The molecule has 1 aliphatic rings. The van der Waals surface area contributed by atoms with Gasteiger partial charge in [0.1, 0.15) is 0 Å². The molecule has 2 aromatic rings. The van der Waals surface area contributed by atoms with Crippen LogP contribution in [0.4, 0.5) is 5.69 Å². The first kappa shape index (κ1) is 24.3. The molecule has 1 fully saturated rings. The van der Waals surface area contributed by atoms with E-state index in [2.05, 4.69) is 10.6 Å². The SMILES string of the molecule is O=C(NCCN1CCN(S(=O)(=O)c2ccc([N+](=O)[O-])cc2)CC1)C(=O)NCc1ccccc1. The molecule has 12 heteroatoms. The Morgan fingerprint density at radius 1 is 0.909 bits per heavy atom. The molecule has 0 unspecified atom stereocenters. The van der Waals surface area contributed by atoms with Crippen molar-refractivity contribution in [3.8, 4) is 0 Å². The minimum Gasteiger partial charge on any atom is -0.347 e. The third kappa shape index (κ3) is 6.57. The fourth-order valence-corrected chi connectivity index (χ4v) is 4.77. The van der Waals surface area contributed by atoms with Gasteiger partial charge in [0.15, 0.2) is 0 Å². The molecule has 0 radical (unpaired) electrons. The molecule has 0 saturated carbocycles. The quantitative estimate of drug-likeness (QED) is 0.318. The Hall–Kier alpha value is -3.35. The van der Waals surface area contributed by atoms with Crippen molar-refractivity contribution in [2.45, 2.75) is 11.4 Å². The molecule has 2 amide bonds. The number of nitrogens with one attached hydrogen (secondary N) is 2. The van der Waals surface area contributed by atoms with Gasteiger partial charge < -0.3 is 10.6 Å². The highest BCUT2D eigenvalue weighted by Crippen LogP contribution is 2.20. The normalized spacial score (nSPS) is 15.0. The summed E-state index contributed by atoms with van der Waals surface area (Å²) >= 11 is 0. The largest absolute Gasteiger partial charge is 0.347 e. The molecule has 0 bridgehead atoms. The van der Waals surface area contributed by atoms with Crippen molar-refractivity contribution >= 4 is 27.5 Å². The summed E-state index contributed by atoms with van der Waals surface area (Å²) in [7, 11) is -3.74. The minimum absolute atomic E-state index is 0.00956. The molecule has 2 N–H and O–H groups in total. The lowest BCUT2D eigenvalue weighted by Gasteiger charge is -2.33. The first-order chi connectivity index (χ1) is 15.8. The first-order valence-corrected chi connectivity index (χ1v) is 11.8. The van der Waals surface area contributed by atoms with E-state index < -0.39 is 26.8 Å². The molecule has 2 aromatic carbocycles. The minimum atomic E-state index is -3.74. The zero-order valence-electron chi connectivity index (χ0n) is 17.8. The number of amides is 2. The fraction of sp³-hybridized carbons (Fsp3) is 0.333. The lowest BCUT2D eigenvalue weighted by Crippen LogP contribution is -2.50. The standard InChI is InChI=1S/C21H25N5O6S/c27-20(21(28)23-16-17-4-2-1-3-5-17)22-10-11-24-12-14-25(15-13-24)33(31,32)19-8-6-18(7-9-19)26(29)30/h1-9H,10-16H2,(H,22,27)(H,23,28). The van der Waals surface area contributed by atoms with E-state index in [-0.39, 0.29) is 36.8 Å². The smallest absolute Gasteiger partial charge is 0.309 e. The molecule has 0 spiro atoms. The Kier molecular flexibility index (Phi) is 8.09. The summed E-state index contributed by atoms with van der Waals surface area (Å²) in [6, 6.07) is 14.1. The molecular formula is C21H25N5O6S. The Morgan fingerprint density at radius 3 is 2.12 bits per heavy atom. The number of nitrogens with zero attached hydrogens (tertiary/aromatic N) is 3. The second-order valence-corrected chi connectivity index (χ2v) is 9.36. The van der Waals surface area contributed by atoms with Crippen LogP contribution < -0.4 is 10.6 Å². The van der Waals surface area contributed by atoms with E-state index in [9.17, 15) is 28.1 Å². The average molecular weight is 476 g/mol. The molecule has 33 heavy (non-hydrogen) atoms. The van der Waals surface area contributed by atoms with E-state index in [0.717, 1.165) is 5.56 Å². The molecule has 176 valence electrons. The lowest BCUT2D eigenvalue weighted by atomic mass is 10.2. The molecule has 3 rings (SSSR count). The van der Waals surface area contributed by atoms with Crippen molar-refractivity contribution in [1.29, 1.82) is 0 Å². The van der Waals surface area contributed by atoms with Crippen LogP contribution in [0.5, 0.6) is 0 Å². The van der Waals surface area contributed by atoms with Crippen LogP contribution in [0.3, 0.4) is 0 Å². The number of hydrogen-bond acceptors (Lipinski definition) is 7. The molecule has 1 heterocycles. The van der Waals surface area contributed by atoms with E-state index in [0.29, 0.717) is 19.6 Å². The van der Waals surface area contributed by atoms with Gasteiger partial charge in [-0.25, -0.2) is 8.42 Å². The number of nitro benzene ring substituents is 1. The van der Waals surface area contributed by atoms with Crippen LogP contribution in [0.2, 0.25) is 0 Å². The van der Waals surface area contributed by atoms with Crippen molar-refractivity contribution in [2.75, 3.05) is 39.3 Å². The van der Waals surface area contributed by atoms with Gasteiger partial charge in [-0.1, -0.05) is 30.3 Å². The summed E-state index contributed by atoms with van der Waals surface area (Å²) < 4.78 is 26.8. The van der Waals surface area contributed by atoms with Gasteiger partial charge in [-0.05, 0) is 17.7 Å². The second-order valence-electron chi connectivity index (χ2n) is 7.42. The topological polar surface area (TPSA) is 142 Å². The monoisotopic (exact) mass is 475 g/mol.